The molecule has 17 heavy (non-hydrogen) atoms. The number of aromatic nitrogens is 2. The van der Waals surface area contributed by atoms with Gasteiger partial charge in [0.05, 0.1) is 12.4 Å². The summed E-state index contributed by atoms with van der Waals surface area (Å²) in [6, 6.07) is 8.29. The maximum atomic E-state index is 5.57. The van der Waals surface area contributed by atoms with Crippen LogP contribution in [0.1, 0.15) is 18.5 Å². The van der Waals surface area contributed by atoms with E-state index < -0.39 is 0 Å². The maximum Gasteiger partial charge on any atom is 0.147 e. The number of nitrogens with zero attached hydrogens (tertiary/aromatic N) is 2. The molecule has 0 aliphatic rings. The van der Waals surface area contributed by atoms with Crippen molar-refractivity contribution in [2.24, 2.45) is 0 Å². The lowest BCUT2D eigenvalue weighted by molar-refractivity contribution is 0.872. The molecule has 0 amide bonds. The van der Waals surface area contributed by atoms with Gasteiger partial charge in [-0.05, 0) is 24.6 Å². The van der Waals surface area contributed by atoms with Gasteiger partial charge in [-0.1, -0.05) is 28.1 Å². The fourth-order valence-corrected chi connectivity index (χ4v) is 1.77. The zero-order valence-electron chi connectivity index (χ0n) is 9.39. The number of rotatable bonds is 3. The molecule has 1 heterocycles. The molecule has 0 saturated heterocycles. The quantitative estimate of drug-likeness (QED) is 0.913. The third-order valence-electron chi connectivity index (χ3n) is 2.39. The maximum absolute atomic E-state index is 5.57. The molecule has 2 rings (SSSR count). The molecule has 1 atom stereocenters. The van der Waals surface area contributed by atoms with Gasteiger partial charge in [0.15, 0.2) is 0 Å². The van der Waals surface area contributed by atoms with Gasteiger partial charge in [0.2, 0.25) is 0 Å². The summed E-state index contributed by atoms with van der Waals surface area (Å²) in [5, 5.41) is 3.25. The van der Waals surface area contributed by atoms with Crippen molar-refractivity contribution in [2.75, 3.05) is 11.1 Å². The second-order valence-corrected chi connectivity index (χ2v) is 4.66. The Morgan fingerprint density at radius 3 is 2.59 bits per heavy atom. The van der Waals surface area contributed by atoms with Crippen LogP contribution in [0.15, 0.2) is 41.1 Å². The van der Waals surface area contributed by atoms with Gasteiger partial charge >= 0.3 is 0 Å². The number of nitrogens with two attached hydrogens (primary N) is 1. The summed E-state index contributed by atoms with van der Waals surface area (Å²) in [5.41, 5.74) is 6.75. The van der Waals surface area contributed by atoms with Gasteiger partial charge in [-0.2, -0.15) is 0 Å². The minimum atomic E-state index is 0.152. The molecular weight excluding hydrogens is 280 g/mol. The third-order valence-corrected chi connectivity index (χ3v) is 2.92. The van der Waals surface area contributed by atoms with Crippen LogP contribution in [0, 0.1) is 0 Å². The van der Waals surface area contributed by atoms with Crippen molar-refractivity contribution in [1.82, 2.24) is 9.97 Å². The van der Waals surface area contributed by atoms with Crippen LogP contribution < -0.4 is 11.1 Å². The Hall–Kier alpha value is -1.62. The molecule has 0 saturated carbocycles. The first-order valence-corrected chi connectivity index (χ1v) is 6.04. The molecule has 3 N–H and O–H groups in total. The van der Waals surface area contributed by atoms with Crippen LogP contribution in [0.2, 0.25) is 0 Å². The summed E-state index contributed by atoms with van der Waals surface area (Å²) >= 11 is 3.41. The summed E-state index contributed by atoms with van der Waals surface area (Å²) in [7, 11) is 0. The molecule has 0 bridgehead atoms. The van der Waals surface area contributed by atoms with E-state index in [4.69, 9.17) is 5.73 Å². The average Bonchev–Trinajstić information content (AvgIpc) is 2.29. The van der Waals surface area contributed by atoms with Crippen LogP contribution in [0.3, 0.4) is 0 Å². The molecule has 1 unspecified atom stereocenters. The molecule has 0 aliphatic heterocycles. The van der Waals surface area contributed by atoms with Crippen molar-refractivity contribution >= 4 is 27.6 Å². The second-order valence-electron chi connectivity index (χ2n) is 3.75. The van der Waals surface area contributed by atoms with Crippen molar-refractivity contribution in [1.29, 1.82) is 0 Å². The van der Waals surface area contributed by atoms with E-state index in [2.05, 4.69) is 50.3 Å². The minimum absolute atomic E-state index is 0.152. The first kappa shape index (κ1) is 11.9. The topological polar surface area (TPSA) is 63.8 Å². The Balaban J connectivity index is 2.11. The predicted molar refractivity (Wildman–Crippen MR) is 72.6 cm³/mol. The van der Waals surface area contributed by atoms with Gasteiger partial charge in [0.1, 0.15) is 11.6 Å². The molecule has 88 valence electrons. The van der Waals surface area contributed by atoms with Gasteiger partial charge in [-0.25, -0.2) is 4.98 Å². The van der Waals surface area contributed by atoms with Crippen LogP contribution in [0.25, 0.3) is 0 Å². The summed E-state index contributed by atoms with van der Waals surface area (Å²) < 4.78 is 1.07. The Bertz CT molecular complexity index is 498. The van der Waals surface area contributed by atoms with E-state index in [9.17, 15) is 0 Å². The highest BCUT2D eigenvalue weighted by atomic mass is 79.9. The molecular formula is C12H13BrN4. The van der Waals surface area contributed by atoms with E-state index in [1.165, 1.54) is 11.8 Å². The minimum Gasteiger partial charge on any atom is -0.382 e. The fourth-order valence-electron chi connectivity index (χ4n) is 1.51. The number of benzene rings is 1. The van der Waals surface area contributed by atoms with Crippen LogP contribution in [0.5, 0.6) is 0 Å². The van der Waals surface area contributed by atoms with Gasteiger partial charge in [0, 0.05) is 10.5 Å². The van der Waals surface area contributed by atoms with Crippen molar-refractivity contribution in [2.45, 2.75) is 13.0 Å². The highest BCUT2D eigenvalue weighted by Crippen LogP contribution is 2.19. The van der Waals surface area contributed by atoms with Crippen molar-refractivity contribution in [3.63, 3.8) is 0 Å². The van der Waals surface area contributed by atoms with E-state index in [-0.39, 0.29) is 6.04 Å². The van der Waals surface area contributed by atoms with Gasteiger partial charge in [-0.15, -0.1) is 0 Å². The fraction of sp³-hybridized carbons (Fsp3) is 0.167. The number of hydrogen-bond acceptors (Lipinski definition) is 4. The molecule has 2 aromatic rings. The molecule has 1 aromatic carbocycles. The lowest BCUT2D eigenvalue weighted by Gasteiger charge is -2.14. The first-order chi connectivity index (χ1) is 8.15. The molecule has 0 fully saturated rings. The van der Waals surface area contributed by atoms with E-state index in [1.807, 2.05) is 12.1 Å². The predicted octanol–water partition coefficient (Wildman–Crippen LogP) is 2.99. The zero-order chi connectivity index (χ0) is 12.3. The van der Waals surface area contributed by atoms with Gasteiger partial charge < -0.3 is 11.1 Å². The van der Waals surface area contributed by atoms with E-state index in [0.717, 1.165) is 4.47 Å². The highest BCUT2D eigenvalue weighted by Gasteiger charge is 2.06. The van der Waals surface area contributed by atoms with Crippen LogP contribution in [-0.2, 0) is 0 Å². The lowest BCUT2D eigenvalue weighted by Crippen LogP contribution is -2.08. The molecule has 1 aromatic heterocycles. The number of hydrogen-bond donors (Lipinski definition) is 2. The Morgan fingerprint density at radius 1 is 1.24 bits per heavy atom. The molecule has 0 spiro atoms. The number of nitrogen functional groups attached to an aromatic ring is 1. The largest absolute Gasteiger partial charge is 0.382 e. The van der Waals surface area contributed by atoms with Gasteiger partial charge in [-0.3, -0.25) is 4.98 Å². The number of halogens is 1. The third kappa shape index (κ3) is 3.17. The lowest BCUT2D eigenvalue weighted by atomic mass is 10.1. The van der Waals surface area contributed by atoms with Crippen molar-refractivity contribution in [3.05, 3.63) is 46.7 Å². The first-order valence-electron chi connectivity index (χ1n) is 5.24. The summed E-state index contributed by atoms with van der Waals surface area (Å²) in [6.07, 6.45) is 3.18. The SMILES string of the molecule is CC(Nc1cncc(N)n1)c1ccc(Br)cc1. The summed E-state index contributed by atoms with van der Waals surface area (Å²) in [4.78, 5) is 8.14. The summed E-state index contributed by atoms with van der Waals surface area (Å²) in [5.74, 6) is 1.10. The van der Waals surface area contributed by atoms with Crippen LogP contribution in [-0.4, -0.2) is 9.97 Å². The average molecular weight is 293 g/mol. The zero-order valence-corrected chi connectivity index (χ0v) is 11.0. The normalized spacial score (nSPS) is 12.1. The monoisotopic (exact) mass is 292 g/mol. The standard InChI is InChI=1S/C12H13BrN4/c1-8(9-2-4-10(13)5-3-9)16-12-7-15-6-11(14)17-12/h2-8H,1H3,(H3,14,16,17). The van der Waals surface area contributed by atoms with Crippen molar-refractivity contribution in [3.8, 4) is 0 Å². The number of anilines is 2. The Morgan fingerprint density at radius 2 is 1.94 bits per heavy atom. The van der Waals surface area contributed by atoms with E-state index in [1.54, 1.807) is 6.20 Å². The van der Waals surface area contributed by atoms with E-state index in [0.29, 0.717) is 11.6 Å². The number of nitrogens with one attached hydrogen (secondary N) is 1. The van der Waals surface area contributed by atoms with Crippen LogP contribution >= 0.6 is 15.9 Å². The van der Waals surface area contributed by atoms with Gasteiger partial charge in [0.25, 0.3) is 0 Å². The van der Waals surface area contributed by atoms with E-state index >= 15 is 0 Å². The molecule has 0 aliphatic carbocycles. The second kappa shape index (κ2) is 5.14. The highest BCUT2D eigenvalue weighted by molar-refractivity contribution is 9.10. The Labute approximate surface area is 108 Å². The summed E-state index contributed by atoms with van der Waals surface area (Å²) in [6.45, 7) is 2.06. The Kier molecular flexibility index (Phi) is 3.58. The molecule has 4 nitrogen and oxygen atoms in total. The smallest absolute Gasteiger partial charge is 0.147 e. The molecule has 0 radical (unpaired) electrons. The van der Waals surface area contributed by atoms with Crippen molar-refractivity contribution < 1.29 is 0 Å². The molecule has 5 heteroatoms. The van der Waals surface area contributed by atoms with Crippen LogP contribution in [0.4, 0.5) is 11.6 Å².